The molecule has 92 valence electrons. The van der Waals surface area contributed by atoms with Crippen LogP contribution in [-0.4, -0.2) is 14.8 Å². The molecule has 0 aliphatic rings. The fourth-order valence-electron chi connectivity index (χ4n) is 1.73. The number of hydrogen-bond acceptors (Lipinski definition) is 3. The maximum atomic E-state index is 13.3. The van der Waals surface area contributed by atoms with Gasteiger partial charge >= 0.3 is 0 Å². The second-order valence-corrected chi connectivity index (χ2v) is 4.19. The zero-order chi connectivity index (χ0) is 13.1. The number of nitrogens with zero attached hydrogens (tertiary/aromatic N) is 3. The van der Waals surface area contributed by atoms with Crippen molar-refractivity contribution < 1.29 is 4.39 Å². The van der Waals surface area contributed by atoms with Crippen LogP contribution in [0.25, 0.3) is 5.69 Å². The number of aromatic nitrogens is 3. The van der Waals surface area contributed by atoms with E-state index >= 15 is 0 Å². The molecule has 2 aromatic rings. The van der Waals surface area contributed by atoms with Crippen molar-refractivity contribution in [1.82, 2.24) is 14.8 Å². The molecule has 0 aliphatic carbocycles. The van der Waals surface area contributed by atoms with Crippen LogP contribution in [0.2, 0.25) is 0 Å². The summed E-state index contributed by atoms with van der Waals surface area (Å²) in [5.74, 6) is 0.242. The molecule has 1 aromatic heterocycles. The molecule has 0 aliphatic heterocycles. The molecule has 2 rings (SSSR count). The van der Waals surface area contributed by atoms with Crippen LogP contribution < -0.4 is 0 Å². The van der Waals surface area contributed by atoms with Crippen molar-refractivity contribution in [2.45, 2.75) is 19.8 Å². The summed E-state index contributed by atoms with van der Waals surface area (Å²) in [6.45, 7) is 2.04. The molecule has 1 N–H and O–H groups in total. The van der Waals surface area contributed by atoms with E-state index in [-0.39, 0.29) is 5.56 Å². The SMILES string of the molecule is CCCc1n[nH]c(=S)n1-c1ccc(F)c(C#N)c1. The molecule has 18 heavy (non-hydrogen) atoms. The fraction of sp³-hybridized carbons (Fsp3) is 0.250. The van der Waals surface area contributed by atoms with Gasteiger partial charge in [-0.15, -0.1) is 0 Å². The Bertz CT molecular complexity index is 665. The predicted molar refractivity (Wildman–Crippen MR) is 67.4 cm³/mol. The average Bonchev–Trinajstić information content (AvgIpc) is 2.72. The third kappa shape index (κ3) is 2.17. The van der Waals surface area contributed by atoms with Crippen molar-refractivity contribution >= 4 is 12.2 Å². The molecule has 4 nitrogen and oxygen atoms in total. The Kier molecular flexibility index (Phi) is 3.53. The lowest BCUT2D eigenvalue weighted by atomic mass is 10.2. The number of rotatable bonds is 3. The summed E-state index contributed by atoms with van der Waals surface area (Å²) in [4.78, 5) is 0. The quantitative estimate of drug-likeness (QED) is 0.865. The van der Waals surface area contributed by atoms with Gasteiger partial charge in [0.2, 0.25) is 0 Å². The van der Waals surface area contributed by atoms with Crippen LogP contribution in [0.5, 0.6) is 0 Å². The fourth-order valence-corrected chi connectivity index (χ4v) is 1.98. The first kappa shape index (κ1) is 12.5. The number of halogens is 1. The minimum Gasteiger partial charge on any atom is -0.272 e. The van der Waals surface area contributed by atoms with Gasteiger partial charge in [-0.1, -0.05) is 6.92 Å². The molecule has 0 atom stereocenters. The van der Waals surface area contributed by atoms with Gasteiger partial charge in [0.15, 0.2) is 4.77 Å². The Labute approximate surface area is 109 Å². The van der Waals surface area contributed by atoms with E-state index in [4.69, 9.17) is 17.5 Å². The number of nitriles is 1. The Morgan fingerprint density at radius 2 is 2.33 bits per heavy atom. The summed E-state index contributed by atoms with van der Waals surface area (Å²) >= 11 is 5.15. The van der Waals surface area contributed by atoms with Gasteiger partial charge in [0.05, 0.1) is 11.3 Å². The minimum absolute atomic E-state index is 0.00181. The largest absolute Gasteiger partial charge is 0.272 e. The monoisotopic (exact) mass is 262 g/mol. The first-order valence-corrected chi connectivity index (χ1v) is 5.94. The molecule has 6 heteroatoms. The number of benzene rings is 1. The third-order valence-electron chi connectivity index (χ3n) is 2.54. The molecular weight excluding hydrogens is 251 g/mol. The number of hydrogen-bond donors (Lipinski definition) is 1. The average molecular weight is 262 g/mol. The topological polar surface area (TPSA) is 57.4 Å². The van der Waals surface area contributed by atoms with Crippen molar-refractivity contribution in [3.05, 3.63) is 40.2 Å². The van der Waals surface area contributed by atoms with Crippen LogP contribution in [0.4, 0.5) is 4.39 Å². The van der Waals surface area contributed by atoms with E-state index in [0.29, 0.717) is 10.5 Å². The highest BCUT2D eigenvalue weighted by Gasteiger charge is 2.10. The number of aryl methyl sites for hydroxylation is 1. The number of H-pyrrole nitrogens is 1. The molecule has 1 heterocycles. The summed E-state index contributed by atoms with van der Waals surface area (Å²) in [6, 6.07) is 6.13. The molecule has 0 amide bonds. The van der Waals surface area contributed by atoms with Gasteiger partial charge < -0.3 is 0 Å². The van der Waals surface area contributed by atoms with Gasteiger partial charge in [0, 0.05) is 6.42 Å². The third-order valence-corrected chi connectivity index (χ3v) is 2.82. The molecule has 0 radical (unpaired) electrons. The summed E-state index contributed by atoms with van der Waals surface area (Å²) in [5.41, 5.74) is 0.646. The van der Waals surface area contributed by atoms with E-state index < -0.39 is 5.82 Å². The van der Waals surface area contributed by atoms with Crippen LogP contribution in [0.3, 0.4) is 0 Å². The van der Waals surface area contributed by atoms with Crippen LogP contribution in [0, 0.1) is 21.9 Å². The van der Waals surface area contributed by atoms with E-state index in [1.165, 1.54) is 12.1 Å². The Balaban J connectivity index is 2.59. The normalized spacial score (nSPS) is 10.3. The molecule has 0 saturated heterocycles. The van der Waals surface area contributed by atoms with Crippen molar-refractivity contribution in [3.8, 4) is 11.8 Å². The first-order chi connectivity index (χ1) is 8.67. The zero-order valence-corrected chi connectivity index (χ0v) is 10.6. The van der Waals surface area contributed by atoms with Gasteiger partial charge in [-0.05, 0) is 36.8 Å². The molecule has 1 aromatic carbocycles. The second kappa shape index (κ2) is 5.10. The summed E-state index contributed by atoms with van der Waals surface area (Å²) in [7, 11) is 0. The highest BCUT2D eigenvalue weighted by atomic mass is 32.1. The molecular formula is C12H11FN4S. The summed E-state index contributed by atoms with van der Waals surface area (Å²) in [5, 5.41) is 15.7. The maximum Gasteiger partial charge on any atom is 0.199 e. The molecule has 0 unspecified atom stereocenters. The smallest absolute Gasteiger partial charge is 0.199 e. The van der Waals surface area contributed by atoms with Crippen molar-refractivity contribution in [1.29, 1.82) is 5.26 Å². The summed E-state index contributed by atoms with van der Waals surface area (Å²) < 4.78 is 15.4. The molecule has 0 fully saturated rings. The van der Waals surface area contributed by atoms with Gasteiger partial charge in [-0.2, -0.15) is 10.4 Å². The van der Waals surface area contributed by atoms with Gasteiger partial charge in [0.1, 0.15) is 17.7 Å². The Hall–Kier alpha value is -2.00. The van der Waals surface area contributed by atoms with Gasteiger partial charge in [-0.25, -0.2) is 4.39 Å². The summed E-state index contributed by atoms with van der Waals surface area (Å²) in [6.07, 6.45) is 1.68. The molecule has 0 bridgehead atoms. The lowest BCUT2D eigenvalue weighted by Gasteiger charge is -2.06. The second-order valence-electron chi connectivity index (χ2n) is 3.81. The van der Waals surface area contributed by atoms with Crippen LogP contribution >= 0.6 is 12.2 Å². The van der Waals surface area contributed by atoms with Crippen molar-refractivity contribution in [3.63, 3.8) is 0 Å². The van der Waals surface area contributed by atoms with Crippen molar-refractivity contribution in [2.24, 2.45) is 0 Å². The van der Waals surface area contributed by atoms with Gasteiger partial charge in [0.25, 0.3) is 0 Å². The van der Waals surface area contributed by atoms with Gasteiger partial charge in [-0.3, -0.25) is 9.67 Å². The minimum atomic E-state index is -0.534. The Morgan fingerprint density at radius 1 is 1.56 bits per heavy atom. The molecule has 0 saturated carbocycles. The lowest BCUT2D eigenvalue weighted by Crippen LogP contribution is -2.02. The standard InChI is InChI=1S/C12H11FN4S/c1-2-3-11-15-16-12(18)17(11)9-4-5-10(13)8(6-9)7-14/h4-6H,2-3H2,1H3,(H,16,18). The first-order valence-electron chi connectivity index (χ1n) is 5.53. The van der Waals surface area contributed by atoms with E-state index in [1.54, 1.807) is 10.6 Å². The predicted octanol–water partition coefficient (Wildman–Crippen LogP) is 2.89. The van der Waals surface area contributed by atoms with E-state index in [9.17, 15) is 4.39 Å². The number of aromatic amines is 1. The van der Waals surface area contributed by atoms with Crippen LogP contribution in [0.1, 0.15) is 24.7 Å². The van der Waals surface area contributed by atoms with Crippen LogP contribution in [0.15, 0.2) is 18.2 Å². The van der Waals surface area contributed by atoms with Crippen LogP contribution in [-0.2, 0) is 6.42 Å². The molecule has 0 spiro atoms. The highest BCUT2D eigenvalue weighted by Crippen LogP contribution is 2.16. The van der Waals surface area contributed by atoms with E-state index in [1.807, 2.05) is 13.0 Å². The Morgan fingerprint density at radius 3 is 3.00 bits per heavy atom. The maximum absolute atomic E-state index is 13.3. The highest BCUT2D eigenvalue weighted by molar-refractivity contribution is 7.71. The number of nitrogens with one attached hydrogen (secondary N) is 1. The zero-order valence-electron chi connectivity index (χ0n) is 9.77. The van der Waals surface area contributed by atoms with E-state index in [0.717, 1.165) is 18.7 Å². The van der Waals surface area contributed by atoms with E-state index in [2.05, 4.69) is 10.2 Å². The lowest BCUT2D eigenvalue weighted by molar-refractivity contribution is 0.623. The van der Waals surface area contributed by atoms with Crippen molar-refractivity contribution in [2.75, 3.05) is 0 Å².